The van der Waals surface area contributed by atoms with E-state index in [1.807, 2.05) is 6.07 Å². The van der Waals surface area contributed by atoms with Crippen molar-refractivity contribution in [3.63, 3.8) is 0 Å². The van der Waals surface area contributed by atoms with E-state index in [4.69, 9.17) is 11.6 Å². The number of fused-ring (bicyclic) bond motifs is 1. The van der Waals surface area contributed by atoms with Gasteiger partial charge in [-0.15, -0.1) is 23.7 Å². The molecule has 1 aromatic carbocycles. The first kappa shape index (κ1) is 23.0. The van der Waals surface area contributed by atoms with Crippen LogP contribution in [0.5, 0.6) is 0 Å². The number of rotatable bonds is 8. The standard InChI is InChI=1S/C19H21ClFN3OS2.ClH/c1-3-23(4-2)9-10-24(18(25)12-14-6-8-17(20)26-14)19-22-15-7-5-13(21)11-16(15)27-19;/h5-8,11H,3-4,9-10,12H2,1-2H3;1H. The van der Waals surface area contributed by atoms with Crippen molar-refractivity contribution >= 4 is 67.9 Å². The van der Waals surface area contributed by atoms with Crippen molar-refractivity contribution in [2.24, 2.45) is 0 Å². The van der Waals surface area contributed by atoms with Gasteiger partial charge < -0.3 is 4.90 Å². The Morgan fingerprint density at radius 1 is 1.14 bits per heavy atom. The largest absolute Gasteiger partial charge is 0.302 e. The van der Waals surface area contributed by atoms with Crippen LogP contribution >= 0.6 is 46.7 Å². The van der Waals surface area contributed by atoms with Crippen molar-refractivity contribution in [3.05, 3.63) is 45.4 Å². The summed E-state index contributed by atoms with van der Waals surface area (Å²) in [5.74, 6) is -0.327. The zero-order valence-corrected chi connectivity index (χ0v) is 18.9. The predicted molar refractivity (Wildman–Crippen MR) is 120 cm³/mol. The van der Waals surface area contributed by atoms with Crippen molar-refractivity contribution in [2.45, 2.75) is 20.3 Å². The molecule has 3 rings (SSSR count). The van der Waals surface area contributed by atoms with Gasteiger partial charge in [0.15, 0.2) is 5.13 Å². The molecule has 0 fully saturated rings. The Morgan fingerprint density at radius 2 is 1.89 bits per heavy atom. The summed E-state index contributed by atoms with van der Waals surface area (Å²) in [5, 5.41) is 0.607. The zero-order valence-electron chi connectivity index (χ0n) is 15.7. The lowest BCUT2D eigenvalue weighted by molar-refractivity contribution is -0.118. The number of nitrogens with zero attached hydrogens (tertiary/aromatic N) is 3. The van der Waals surface area contributed by atoms with E-state index in [-0.39, 0.29) is 30.6 Å². The molecule has 0 N–H and O–H groups in total. The molecular formula is C19H22Cl2FN3OS2. The number of benzene rings is 1. The molecule has 9 heteroatoms. The van der Waals surface area contributed by atoms with Gasteiger partial charge in [0.05, 0.1) is 21.0 Å². The summed E-state index contributed by atoms with van der Waals surface area (Å²) in [4.78, 5) is 22.5. The van der Waals surface area contributed by atoms with Crippen LogP contribution in [0, 0.1) is 5.82 Å². The van der Waals surface area contributed by atoms with Crippen LogP contribution in [0.15, 0.2) is 30.3 Å². The van der Waals surface area contributed by atoms with E-state index in [1.54, 1.807) is 17.0 Å². The highest BCUT2D eigenvalue weighted by molar-refractivity contribution is 7.22. The number of thiazole rings is 1. The third-order valence-electron chi connectivity index (χ3n) is 4.36. The van der Waals surface area contributed by atoms with E-state index in [0.717, 1.165) is 29.2 Å². The average Bonchev–Trinajstić information content (AvgIpc) is 3.24. The first-order valence-electron chi connectivity index (χ1n) is 8.83. The summed E-state index contributed by atoms with van der Waals surface area (Å²) >= 11 is 8.74. The number of anilines is 1. The number of likely N-dealkylation sites (N-methyl/N-ethyl adjacent to an activating group) is 1. The molecule has 1 amide bonds. The number of hydrogen-bond donors (Lipinski definition) is 0. The fraction of sp³-hybridized carbons (Fsp3) is 0.368. The average molecular weight is 462 g/mol. The lowest BCUT2D eigenvalue weighted by Gasteiger charge is -2.24. The van der Waals surface area contributed by atoms with Crippen LogP contribution in [-0.2, 0) is 11.2 Å². The minimum absolute atomic E-state index is 0. The maximum atomic E-state index is 13.5. The summed E-state index contributed by atoms with van der Waals surface area (Å²) in [6, 6.07) is 8.18. The Hall–Kier alpha value is -1.25. The molecule has 0 radical (unpaired) electrons. The van der Waals surface area contributed by atoms with Crippen LogP contribution in [0.25, 0.3) is 10.2 Å². The monoisotopic (exact) mass is 461 g/mol. The minimum atomic E-state index is -0.299. The number of hydrogen-bond acceptors (Lipinski definition) is 5. The van der Waals surface area contributed by atoms with E-state index in [2.05, 4.69) is 23.7 Å². The van der Waals surface area contributed by atoms with Crippen molar-refractivity contribution in [1.29, 1.82) is 0 Å². The highest BCUT2D eigenvalue weighted by Crippen LogP contribution is 2.30. The van der Waals surface area contributed by atoms with Crippen molar-refractivity contribution in [1.82, 2.24) is 9.88 Å². The van der Waals surface area contributed by atoms with Gasteiger partial charge in [-0.3, -0.25) is 9.69 Å². The summed E-state index contributed by atoms with van der Waals surface area (Å²) in [7, 11) is 0. The molecular weight excluding hydrogens is 440 g/mol. The number of thiophene rings is 1. The predicted octanol–water partition coefficient (Wildman–Crippen LogP) is 5.49. The topological polar surface area (TPSA) is 36.4 Å². The summed E-state index contributed by atoms with van der Waals surface area (Å²) in [6.45, 7) is 7.35. The van der Waals surface area contributed by atoms with Gasteiger partial charge in [-0.1, -0.05) is 36.8 Å². The Kier molecular flexibility index (Phi) is 8.64. The van der Waals surface area contributed by atoms with Crippen molar-refractivity contribution < 1.29 is 9.18 Å². The Labute approximate surface area is 183 Å². The molecule has 0 unspecified atom stereocenters. The maximum Gasteiger partial charge on any atom is 0.234 e. The van der Waals surface area contributed by atoms with Crippen LogP contribution in [-0.4, -0.2) is 42.0 Å². The van der Waals surface area contributed by atoms with E-state index in [0.29, 0.717) is 21.5 Å². The Bertz CT molecular complexity index is 927. The summed E-state index contributed by atoms with van der Waals surface area (Å²) in [6.07, 6.45) is 0.278. The fourth-order valence-electron chi connectivity index (χ4n) is 2.80. The van der Waals surface area contributed by atoms with Gasteiger partial charge in [-0.2, -0.15) is 0 Å². The smallest absolute Gasteiger partial charge is 0.234 e. The molecule has 0 bridgehead atoms. The van der Waals surface area contributed by atoms with E-state index < -0.39 is 0 Å². The van der Waals surface area contributed by atoms with Crippen LogP contribution in [0.1, 0.15) is 18.7 Å². The second-order valence-electron chi connectivity index (χ2n) is 6.06. The van der Waals surface area contributed by atoms with Crippen molar-refractivity contribution in [3.8, 4) is 0 Å². The van der Waals surface area contributed by atoms with Gasteiger partial charge in [-0.25, -0.2) is 9.37 Å². The third kappa shape index (κ3) is 5.64. The second kappa shape index (κ2) is 10.5. The van der Waals surface area contributed by atoms with Gasteiger partial charge in [0.1, 0.15) is 5.82 Å². The fourth-order valence-corrected chi connectivity index (χ4v) is 4.91. The van der Waals surface area contributed by atoms with Crippen LogP contribution in [0.4, 0.5) is 9.52 Å². The van der Waals surface area contributed by atoms with E-state index in [9.17, 15) is 9.18 Å². The highest BCUT2D eigenvalue weighted by Gasteiger charge is 2.21. The normalized spacial score (nSPS) is 11.0. The number of aromatic nitrogens is 1. The Morgan fingerprint density at radius 3 is 2.54 bits per heavy atom. The van der Waals surface area contributed by atoms with Crippen LogP contribution in [0.3, 0.4) is 0 Å². The molecule has 0 spiro atoms. The summed E-state index contributed by atoms with van der Waals surface area (Å²) in [5.41, 5.74) is 0.705. The molecule has 0 saturated carbocycles. The maximum absolute atomic E-state index is 13.5. The molecule has 2 aromatic heterocycles. The lowest BCUT2D eigenvalue weighted by atomic mass is 10.3. The lowest BCUT2D eigenvalue weighted by Crippen LogP contribution is -2.39. The SMILES string of the molecule is CCN(CC)CCN(C(=O)Cc1ccc(Cl)s1)c1nc2ccc(F)cc2s1.Cl. The molecule has 4 nitrogen and oxygen atoms in total. The molecule has 0 aliphatic heterocycles. The van der Waals surface area contributed by atoms with Gasteiger partial charge in [0.25, 0.3) is 0 Å². The van der Waals surface area contributed by atoms with Crippen molar-refractivity contribution in [2.75, 3.05) is 31.1 Å². The van der Waals surface area contributed by atoms with E-state index in [1.165, 1.54) is 34.8 Å². The van der Waals surface area contributed by atoms with Gasteiger partial charge in [-0.05, 0) is 43.4 Å². The first-order valence-corrected chi connectivity index (χ1v) is 10.8. The minimum Gasteiger partial charge on any atom is -0.302 e. The van der Waals surface area contributed by atoms with E-state index >= 15 is 0 Å². The molecule has 28 heavy (non-hydrogen) atoms. The zero-order chi connectivity index (χ0) is 19.4. The van der Waals surface area contributed by atoms with Crippen LogP contribution in [0.2, 0.25) is 4.34 Å². The third-order valence-corrected chi connectivity index (χ3v) is 6.63. The van der Waals surface area contributed by atoms with Gasteiger partial charge in [0.2, 0.25) is 5.91 Å². The molecule has 0 saturated heterocycles. The molecule has 152 valence electrons. The number of amides is 1. The Balaban J connectivity index is 0.00000280. The molecule has 0 atom stereocenters. The number of halogens is 3. The molecule has 0 aliphatic carbocycles. The van der Waals surface area contributed by atoms with Gasteiger partial charge >= 0.3 is 0 Å². The second-order valence-corrected chi connectivity index (χ2v) is 8.87. The van der Waals surface area contributed by atoms with Gasteiger partial charge in [0, 0.05) is 18.0 Å². The molecule has 0 aliphatic rings. The summed E-state index contributed by atoms with van der Waals surface area (Å²) < 4.78 is 14.9. The molecule has 2 heterocycles. The number of carbonyl (C=O) groups excluding carboxylic acids is 1. The number of carbonyl (C=O) groups is 1. The molecule has 3 aromatic rings. The quantitative estimate of drug-likeness (QED) is 0.444. The highest BCUT2D eigenvalue weighted by atomic mass is 35.5. The first-order chi connectivity index (χ1) is 13.0. The van der Waals surface area contributed by atoms with Crippen LogP contribution < -0.4 is 4.90 Å².